The number of amides is 1. The number of ether oxygens (including phenoxy) is 1. The predicted molar refractivity (Wildman–Crippen MR) is 80.2 cm³/mol. The van der Waals surface area contributed by atoms with Gasteiger partial charge in [0.2, 0.25) is 5.50 Å². The van der Waals surface area contributed by atoms with Crippen molar-refractivity contribution in [2.45, 2.75) is 44.7 Å². The van der Waals surface area contributed by atoms with Crippen molar-refractivity contribution in [3.05, 3.63) is 11.9 Å². The highest BCUT2D eigenvalue weighted by atomic mass is 32.2. The highest BCUT2D eigenvalue weighted by molar-refractivity contribution is 7.86. The van der Waals surface area contributed by atoms with Gasteiger partial charge < -0.3 is 20.3 Å². The lowest BCUT2D eigenvalue weighted by atomic mass is 9.94. The smallest absolute Gasteiger partial charge is 0.410 e. The van der Waals surface area contributed by atoms with Crippen LogP contribution in [0.2, 0.25) is 0 Å². The van der Waals surface area contributed by atoms with Crippen LogP contribution in [0.25, 0.3) is 0 Å². The average Bonchev–Trinajstić information content (AvgIpc) is 2.86. The maximum absolute atomic E-state index is 12.0. The largest absolute Gasteiger partial charge is 0.444 e. The molecule has 2 rings (SSSR count). The summed E-state index contributed by atoms with van der Waals surface area (Å²) >= 11 is 0. The van der Waals surface area contributed by atoms with E-state index in [1.54, 1.807) is 11.1 Å². The van der Waals surface area contributed by atoms with Gasteiger partial charge in [-0.1, -0.05) is 0 Å². The maximum Gasteiger partial charge on any atom is 0.410 e. The summed E-state index contributed by atoms with van der Waals surface area (Å²) in [7, 11) is -4.18. The standard InChI is InChI=1S/C13H23N3O5S/c1-13(2,3)21-12(17)16-6-4-9(5-7-16)10-8-14-11(15-10)22(18,19)20/h8-9,11,14-15H,4-7H2,1-3H3,(H,18,19,20). The van der Waals surface area contributed by atoms with Crippen molar-refractivity contribution >= 4 is 16.2 Å². The van der Waals surface area contributed by atoms with E-state index in [9.17, 15) is 13.2 Å². The molecule has 2 aliphatic rings. The molecule has 0 aromatic heterocycles. The summed E-state index contributed by atoms with van der Waals surface area (Å²) in [6.45, 7) is 6.58. The lowest BCUT2D eigenvalue weighted by Gasteiger charge is -2.33. The number of rotatable bonds is 2. The van der Waals surface area contributed by atoms with E-state index in [-0.39, 0.29) is 12.0 Å². The molecule has 2 heterocycles. The van der Waals surface area contributed by atoms with Crippen LogP contribution in [-0.4, -0.2) is 48.2 Å². The molecule has 0 aliphatic carbocycles. The summed E-state index contributed by atoms with van der Waals surface area (Å²) in [4.78, 5) is 13.6. The minimum absolute atomic E-state index is 0.123. The molecule has 1 atom stereocenters. The van der Waals surface area contributed by atoms with Crippen LogP contribution in [0, 0.1) is 5.92 Å². The number of carbonyl (C=O) groups excluding carboxylic acids is 1. The fourth-order valence-electron chi connectivity index (χ4n) is 2.50. The van der Waals surface area contributed by atoms with E-state index in [1.165, 1.54) is 0 Å². The normalized spacial score (nSPS) is 23.5. The maximum atomic E-state index is 12.0. The Balaban J connectivity index is 1.85. The van der Waals surface area contributed by atoms with Gasteiger partial charge in [-0.2, -0.15) is 8.42 Å². The first-order chi connectivity index (χ1) is 10.1. The third kappa shape index (κ3) is 4.26. The number of likely N-dealkylation sites (tertiary alicyclic amines) is 1. The molecule has 3 N–H and O–H groups in total. The van der Waals surface area contributed by atoms with E-state index >= 15 is 0 Å². The van der Waals surface area contributed by atoms with E-state index in [0.717, 1.165) is 5.70 Å². The Kier molecular flexibility index (Phi) is 4.57. The van der Waals surface area contributed by atoms with Gasteiger partial charge in [0.25, 0.3) is 0 Å². The first kappa shape index (κ1) is 16.9. The molecule has 22 heavy (non-hydrogen) atoms. The zero-order valence-electron chi connectivity index (χ0n) is 13.0. The van der Waals surface area contributed by atoms with Crippen LogP contribution in [0.15, 0.2) is 11.9 Å². The molecule has 1 fully saturated rings. The number of nitrogens with zero attached hydrogens (tertiary/aromatic N) is 1. The van der Waals surface area contributed by atoms with Gasteiger partial charge in [0.1, 0.15) is 5.60 Å². The second-order valence-electron chi connectivity index (χ2n) is 6.55. The van der Waals surface area contributed by atoms with Gasteiger partial charge in [-0.25, -0.2) is 4.79 Å². The Morgan fingerprint density at radius 1 is 1.36 bits per heavy atom. The second-order valence-corrected chi connectivity index (χ2v) is 8.05. The minimum atomic E-state index is -4.18. The second kappa shape index (κ2) is 5.96. The molecule has 1 amide bonds. The van der Waals surface area contributed by atoms with Crippen molar-refractivity contribution in [1.82, 2.24) is 15.5 Å². The Morgan fingerprint density at radius 2 is 1.95 bits per heavy atom. The van der Waals surface area contributed by atoms with Gasteiger partial charge in [-0.3, -0.25) is 4.55 Å². The van der Waals surface area contributed by atoms with Crippen LogP contribution in [0.4, 0.5) is 4.79 Å². The van der Waals surface area contributed by atoms with Gasteiger partial charge in [0, 0.05) is 30.9 Å². The number of hydrogen-bond acceptors (Lipinski definition) is 6. The van der Waals surface area contributed by atoms with Crippen molar-refractivity contribution in [2.75, 3.05) is 13.1 Å². The molecule has 0 saturated carbocycles. The molecule has 0 radical (unpaired) electrons. The third-order valence-corrected chi connectivity index (χ3v) is 4.42. The molecule has 9 heteroatoms. The molecule has 0 aromatic carbocycles. The number of nitrogens with one attached hydrogen (secondary N) is 2. The van der Waals surface area contributed by atoms with Crippen LogP contribution in [-0.2, 0) is 14.9 Å². The van der Waals surface area contributed by atoms with Gasteiger partial charge in [-0.05, 0) is 33.6 Å². The molecule has 126 valence electrons. The lowest BCUT2D eigenvalue weighted by molar-refractivity contribution is 0.0193. The fraction of sp³-hybridized carbons (Fsp3) is 0.769. The van der Waals surface area contributed by atoms with Crippen LogP contribution < -0.4 is 10.6 Å². The Hall–Kier alpha value is -1.48. The van der Waals surface area contributed by atoms with Crippen LogP contribution >= 0.6 is 0 Å². The van der Waals surface area contributed by atoms with E-state index < -0.39 is 21.2 Å². The van der Waals surface area contributed by atoms with Gasteiger partial charge in [-0.15, -0.1) is 0 Å². The zero-order valence-corrected chi connectivity index (χ0v) is 13.8. The Labute approximate surface area is 130 Å². The Morgan fingerprint density at radius 3 is 2.41 bits per heavy atom. The lowest BCUT2D eigenvalue weighted by Crippen LogP contribution is -2.44. The van der Waals surface area contributed by atoms with Gasteiger partial charge >= 0.3 is 16.2 Å². The molecule has 0 spiro atoms. The summed E-state index contributed by atoms with van der Waals surface area (Å²) in [6.07, 6.45) is 2.66. The van der Waals surface area contributed by atoms with Crippen LogP contribution in [0.3, 0.4) is 0 Å². The van der Waals surface area contributed by atoms with Crippen molar-refractivity contribution < 1.29 is 22.5 Å². The third-order valence-electron chi connectivity index (χ3n) is 3.57. The minimum Gasteiger partial charge on any atom is -0.444 e. The van der Waals surface area contributed by atoms with Gasteiger partial charge in [0.05, 0.1) is 0 Å². The first-order valence-corrected chi connectivity index (χ1v) is 8.73. The summed E-state index contributed by atoms with van der Waals surface area (Å²) in [5, 5.41) is 5.35. The average molecular weight is 333 g/mol. The first-order valence-electron chi connectivity index (χ1n) is 7.23. The van der Waals surface area contributed by atoms with E-state index in [2.05, 4.69) is 10.6 Å². The SMILES string of the molecule is CC(C)(C)OC(=O)N1CCC(C2=CNC(S(=O)(=O)O)N2)CC1. The molecule has 1 saturated heterocycles. The fourth-order valence-corrected chi connectivity index (χ4v) is 3.02. The molecule has 1 unspecified atom stereocenters. The van der Waals surface area contributed by atoms with Crippen molar-refractivity contribution in [3.8, 4) is 0 Å². The van der Waals surface area contributed by atoms with Crippen LogP contribution in [0.5, 0.6) is 0 Å². The summed E-state index contributed by atoms with van der Waals surface area (Å²) < 4.78 is 36.5. The number of piperidine rings is 1. The molecule has 2 aliphatic heterocycles. The zero-order chi connectivity index (χ0) is 16.5. The van der Waals surface area contributed by atoms with Crippen molar-refractivity contribution in [1.29, 1.82) is 0 Å². The number of hydrogen-bond donors (Lipinski definition) is 3. The number of allylic oxidation sites excluding steroid dienone is 1. The number of carbonyl (C=O) groups is 1. The quantitative estimate of drug-likeness (QED) is 0.643. The Bertz CT molecular complexity index is 559. The van der Waals surface area contributed by atoms with Gasteiger partial charge in [0.15, 0.2) is 0 Å². The molecular formula is C13H23N3O5S. The summed E-state index contributed by atoms with van der Waals surface area (Å²) in [6, 6.07) is 0. The molecule has 0 aromatic rings. The van der Waals surface area contributed by atoms with Crippen LogP contribution in [0.1, 0.15) is 33.6 Å². The predicted octanol–water partition coefficient (Wildman–Crippen LogP) is 0.839. The van der Waals surface area contributed by atoms with Crippen molar-refractivity contribution in [3.63, 3.8) is 0 Å². The van der Waals surface area contributed by atoms with Crippen molar-refractivity contribution in [2.24, 2.45) is 5.92 Å². The monoisotopic (exact) mass is 333 g/mol. The topological polar surface area (TPSA) is 108 Å². The highest BCUT2D eigenvalue weighted by Gasteiger charge is 2.33. The summed E-state index contributed by atoms with van der Waals surface area (Å²) in [5.41, 5.74) is -0.964. The van der Waals surface area contributed by atoms with E-state index in [0.29, 0.717) is 25.9 Å². The molecule has 8 nitrogen and oxygen atoms in total. The summed E-state index contributed by atoms with van der Waals surface area (Å²) in [5.74, 6) is 0.123. The van der Waals surface area contributed by atoms with E-state index in [1.807, 2.05) is 20.8 Å². The molecular weight excluding hydrogens is 310 g/mol. The highest BCUT2D eigenvalue weighted by Crippen LogP contribution is 2.26. The molecule has 0 bridgehead atoms. The van der Waals surface area contributed by atoms with E-state index in [4.69, 9.17) is 9.29 Å².